The minimum atomic E-state index is 0.729. The summed E-state index contributed by atoms with van der Waals surface area (Å²) >= 11 is 10.6. The first kappa shape index (κ1) is 12.9. The van der Waals surface area contributed by atoms with Crippen LogP contribution >= 0.6 is 39.5 Å². The van der Waals surface area contributed by atoms with Gasteiger partial charge in [0.2, 0.25) is 0 Å². The Hall–Kier alpha value is -1.11. The van der Waals surface area contributed by atoms with Crippen molar-refractivity contribution < 1.29 is 4.74 Å². The molecule has 0 atom stereocenters. The largest absolute Gasteiger partial charge is 0.497 e. The lowest BCUT2D eigenvalue weighted by Crippen LogP contribution is -1.97. The fraction of sp³-hybridized carbons (Fsp3) is 0.154. The number of halogens is 1. The van der Waals surface area contributed by atoms with Crippen LogP contribution in [0.1, 0.15) is 4.88 Å². The molecule has 0 fully saturated rings. The first-order chi connectivity index (χ1) is 9.17. The third kappa shape index (κ3) is 2.48. The third-order valence-corrected chi connectivity index (χ3v) is 4.92. The summed E-state index contributed by atoms with van der Waals surface area (Å²) in [5.41, 5.74) is 2.09. The van der Waals surface area contributed by atoms with Crippen LogP contribution in [0, 0.1) is 4.77 Å². The Kier molecular flexibility index (Phi) is 3.47. The number of rotatable bonds is 3. The van der Waals surface area contributed by atoms with E-state index in [2.05, 4.69) is 36.9 Å². The number of methoxy groups -OCH3 is 1. The predicted octanol–water partition coefficient (Wildman–Crippen LogP) is 4.58. The van der Waals surface area contributed by atoms with E-state index in [1.165, 1.54) is 4.88 Å². The molecule has 0 aliphatic rings. The van der Waals surface area contributed by atoms with Gasteiger partial charge in [-0.05, 0) is 46.3 Å². The topological polar surface area (TPSA) is 29.9 Å². The molecule has 0 saturated carbocycles. The number of hydrogen-bond acceptors (Lipinski definition) is 3. The number of ether oxygens (including phenoxy) is 1. The Balaban J connectivity index is 2.11. The molecule has 1 N–H and O–H groups in total. The van der Waals surface area contributed by atoms with E-state index in [0.717, 1.165) is 32.6 Å². The molecule has 3 rings (SSSR count). The van der Waals surface area contributed by atoms with Crippen molar-refractivity contribution >= 4 is 50.5 Å². The Labute approximate surface area is 128 Å². The van der Waals surface area contributed by atoms with Gasteiger partial charge in [-0.25, -0.2) is 0 Å². The SMILES string of the molecule is COc1ccc2[nH]c(=S)n(Cc3cc(Br)cs3)c2c1. The second-order valence-corrected chi connectivity index (χ2v) is 6.43. The Morgan fingerprint density at radius 3 is 2.95 bits per heavy atom. The molecular weight excluding hydrogens is 344 g/mol. The lowest BCUT2D eigenvalue weighted by atomic mass is 10.3. The second-order valence-electron chi connectivity index (χ2n) is 4.13. The van der Waals surface area contributed by atoms with E-state index in [9.17, 15) is 0 Å². The fourth-order valence-electron chi connectivity index (χ4n) is 2.01. The third-order valence-electron chi connectivity index (χ3n) is 2.92. The van der Waals surface area contributed by atoms with Gasteiger partial charge in [0.15, 0.2) is 4.77 Å². The smallest absolute Gasteiger partial charge is 0.178 e. The van der Waals surface area contributed by atoms with Gasteiger partial charge < -0.3 is 14.3 Å². The monoisotopic (exact) mass is 354 g/mol. The fourth-order valence-corrected chi connectivity index (χ4v) is 3.72. The number of benzene rings is 1. The van der Waals surface area contributed by atoms with Crippen molar-refractivity contribution in [2.24, 2.45) is 0 Å². The highest BCUT2D eigenvalue weighted by atomic mass is 79.9. The van der Waals surface area contributed by atoms with E-state index in [4.69, 9.17) is 17.0 Å². The van der Waals surface area contributed by atoms with Gasteiger partial charge in [0.1, 0.15) is 5.75 Å². The van der Waals surface area contributed by atoms with Gasteiger partial charge in [0, 0.05) is 20.8 Å². The van der Waals surface area contributed by atoms with Gasteiger partial charge in [-0.3, -0.25) is 0 Å². The van der Waals surface area contributed by atoms with Gasteiger partial charge in [0.25, 0.3) is 0 Å². The number of nitrogens with zero attached hydrogens (tertiary/aromatic N) is 1. The van der Waals surface area contributed by atoms with Crippen molar-refractivity contribution in [2.45, 2.75) is 6.54 Å². The molecule has 6 heteroatoms. The molecule has 0 bridgehead atoms. The number of hydrogen-bond donors (Lipinski definition) is 1. The zero-order valence-corrected chi connectivity index (χ0v) is 13.4. The van der Waals surface area contributed by atoms with E-state index in [1.807, 2.05) is 18.2 Å². The van der Waals surface area contributed by atoms with Crippen molar-refractivity contribution in [3.05, 3.63) is 43.8 Å². The number of fused-ring (bicyclic) bond motifs is 1. The van der Waals surface area contributed by atoms with Crippen LogP contribution in [0.25, 0.3) is 11.0 Å². The van der Waals surface area contributed by atoms with Gasteiger partial charge in [-0.2, -0.15) is 0 Å². The first-order valence-electron chi connectivity index (χ1n) is 5.67. The molecular formula is C13H11BrN2OS2. The normalized spacial score (nSPS) is 11.1. The standard InChI is InChI=1S/C13H11BrN2OS2/c1-17-9-2-3-11-12(5-9)16(13(18)15-11)6-10-4-8(14)7-19-10/h2-5,7H,6H2,1H3,(H,15,18). The molecule has 2 heterocycles. The maximum absolute atomic E-state index is 5.40. The molecule has 0 saturated heterocycles. The molecule has 3 nitrogen and oxygen atoms in total. The summed E-state index contributed by atoms with van der Waals surface area (Å²) in [6.45, 7) is 0.766. The molecule has 0 radical (unpaired) electrons. The molecule has 3 aromatic rings. The van der Waals surface area contributed by atoms with Crippen molar-refractivity contribution in [1.82, 2.24) is 9.55 Å². The molecule has 19 heavy (non-hydrogen) atoms. The Bertz CT molecular complexity index is 787. The van der Waals surface area contributed by atoms with Crippen LogP contribution in [-0.2, 0) is 6.54 Å². The zero-order chi connectivity index (χ0) is 13.4. The van der Waals surface area contributed by atoms with Crippen molar-refractivity contribution in [3.63, 3.8) is 0 Å². The highest BCUT2D eigenvalue weighted by molar-refractivity contribution is 9.10. The summed E-state index contributed by atoms with van der Waals surface area (Å²) in [5, 5.41) is 2.08. The molecule has 0 amide bonds. The Morgan fingerprint density at radius 1 is 1.42 bits per heavy atom. The van der Waals surface area contributed by atoms with Crippen LogP contribution in [0.5, 0.6) is 5.75 Å². The minimum Gasteiger partial charge on any atom is -0.497 e. The first-order valence-corrected chi connectivity index (χ1v) is 7.75. The highest BCUT2D eigenvalue weighted by Crippen LogP contribution is 2.25. The quantitative estimate of drug-likeness (QED) is 0.697. The number of H-pyrrole nitrogens is 1. The Morgan fingerprint density at radius 2 is 2.26 bits per heavy atom. The average Bonchev–Trinajstić information content (AvgIpc) is 2.94. The number of nitrogens with one attached hydrogen (secondary N) is 1. The van der Waals surface area contributed by atoms with Gasteiger partial charge in [0.05, 0.1) is 24.7 Å². The van der Waals surface area contributed by atoms with Crippen molar-refractivity contribution in [3.8, 4) is 5.75 Å². The molecule has 0 unspecified atom stereocenters. The molecule has 1 aromatic carbocycles. The summed E-state index contributed by atoms with van der Waals surface area (Å²) in [4.78, 5) is 4.48. The van der Waals surface area contributed by atoms with Crippen LogP contribution in [-0.4, -0.2) is 16.7 Å². The minimum absolute atomic E-state index is 0.729. The average molecular weight is 355 g/mol. The molecule has 2 aromatic heterocycles. The highest BCUT2D eigenvalue weighted by Gasteiger charge is 2.07. The second kappa shape index (κ2) is 5.11. The maximum Gasteiger partial charge on any atom is 0.178 e. The number of imidazole rings is 1. The van der Waals surface area contributed by atoms with Gasteiger partial charge in [-0.15, -0.1) is 11.3 Å². The van der Waals surface area contributed by atoms with Crippen molar-refractivity contribution in [2.75, 3.05) is 7.11 Å². The summed E-state index contributed by atoms with van der Waals surface area (Å²) in [6.07, 6.45) is 0. The van der Waals surface area contributed by atoms with Crippen LogP contribution in [0.3, 0.4) is 0 Å². The van der Waals surface area contributed by atoms with E-state index in [-0.39, 0.29) is 0 Å². The zero-order valence-electron chi connectivity index (χ0n) is 10.1. The lowest BCUT2D eigenvalue weighted by Gasteiger charge is -2.04. The number of aromatic amines is 1. The van der Waals surface area contributed by atoms with Crippen LogP contribution in [0.4, 0.5) is 0 Å². The van der Waals surface area contributed by atoms with E-state index < -0.39 is 0 Å². The van der Waals surface area contributed by atoms with Gasteiger partial charge in [-0.1, -0.05) is 0 Å². The van der Waals surface area contributed by atoms with Crippen LogP contribution in [0.2, 0.25) is 0 Å². The summed E-state index contributed by atoms with van der Waals surface area (Å²) in [7, 11) is 1.67. The molecule has 0 aliphatic carbocycles. The number of aromatic nitrogens is 2. The summed E-state index contributed by atoms with van der Waals surface area (Å²) < 4.78 is 9.20. The lowest BCUT2D eigenvalue weighted by molar-refractivity contribution is 0.415. The number of thiophene rings is 1. The van der Waals surface area contributed by atoms with E-state index in [0.29, 0.717) is 0 Å². The molecule has 98 valence electrons. The van der Waals surface area contributed by atoms with E-state index >= 15 is 0 Å². The van der Waals surface area contributed by atoms with E-state index in [1.54, 1.807) is 18.4 Å². The van der Waals surface area contributed by atoms with Crippen LogP contribution in [0.15, 0.2) is 34.1 Å². The summed E-state index contributed by atoms with van der Waals surface area (Å²) in [5.74, 6) is 0.836. The van der Waals surface area contributed by atoms with Gasteiger partial charge >= 0.3 is 0 Å². The predicted molar refractivity (Wildman–Crippen MR) is 84.8 cm³/mol. The molecule has 0 aliphatic heterocycles. The van der Waals surface area contributed by atoms with Crippen molar-refractivity contribution in [1.29, 1.82) is 0 Å². The maximum atomic E-state index is 5.40. The summed E-state index contributed by atoms with van der Waals surface area (Å²) in [6, 6.07) is 8.04. The van der Waals surface area contributed by atoms with Crippen LogP contribution < -0.4 is 4.74 Å². The molecule has 0 spiro atoms.